The van der Waals surface area contributed by atoms with Gasteiger partial charge in [0.25, 0.3) is 0 Å². The highest BCUT2D eigenvalue weighted by Crippen LogP contribution is 2.18. The molecule has 17 heavy (non-hydrogen) atoms. The Hall–Kier alpha value is -1.00. The highest BCUT2D eigenvalue weighted by atomic mass is 32.2. The summed E-state index contributed by atoms with van der Waals surface area (Å²) in [5.41, 5.74) is 1.21. The van der Waals surface area contributed by atoms with E-state index in [2.05, 4.69) is 41.2 Å². The van der Waals surface area contributed by atoms with Gasteiger partial charge >= 0.3 is 0 Å². The largest absolute Gasteiger partial charge is 0.352 e. The number of rotatable bonds is 6. The van der Waals surface area contributed by atoms with Crippen LogP contribution < -0.4 is 10.6 Å². The van der Waals surface area contributed by atoms with E-state index in [4.69, 9.17) is 0 Å². The molecule has 0 spiro atoms. The molecule has 1 aliphatic rings. The molecule has 1 fully saturated rings. The van der Waals surface area contributed by atoms with Gasteiger partial charge in [0.1, 0.15) is 0 Å². The van der Waals surface area contributed by atoms with Gasteiger partial charge in [0.2, 0.25) is 5.91 Å². The van der Waals surface area contributed by atoms with E-state index >= 15 is 0 Å². The highest BCUT2D eigenvalue weighted by molar-refractivity contribution is 7.98. The Morgan fingerprint density at radius 2 is 2.06 bits per heavy atom. The van der Waals surface area contributed by atoms with Crippen LogP contribution in [0.5, 0.6) is 0 Å². The molecule has 2 rings (SSSR count). The number of amides is 1. The van der Waals surface area contributed by atoms with Crippen LogP contribution in [0.15, 0.2) is 29.2 Å². The summed E-state index contributed by atoms with van der Waals surface area (Å²) in [4.78, 5) is 12.7. The van der Waals surface area contributed by atoms with Crippen molar-refractivity contribution in [3.63, 3.8) is 0 Å². The molecule has 3 nitrogen and oxygen atoms in total. The molecule has 0 bridgehead atoms. The minimum absolute atomic E-state index is 0.105. The number of carbonyl (C=O) groups is 1. The third-order valence-electron chi connectivity index (χ3n) is 2.72. The van der Waals surface area contributed by atoms with Crippen LogP contribution in [0.1, 0.15) is 18.4 Å². The fraction of sp³-hybridized carbons (Fsp3) is 0.462. The molecule has 1 aromatic rings. The molecule has 1 aromatic carbocycles. The summed E-state index contributed by atoms with van der Waals surface area (Å²) >= 11 is 1.74. The predicted molar refractivity (Wildman–Crippen MR) is 71.1 cm³/mol. The minimum Gasteiger partial charge on any atom is -0.352 e. The first-order chi connectivity index (χ1) is 8.28. The fourth-order valence-corrected chi connectivity index (χ4v) is 1.98. The van der Waals surface area contributed by atoms with E-state index in [9.17, 15) is 4.79 Å². The number of nitrogens with one attached hydrogen (secondary N) is 2. The maximum Gasteiger partial charge on any atom is 0.234 e. The van der Waals surface area contributed by atoms with Gasteiger partial charge in [-0.15, -0.1) is 11.8 Å². The molecule has 0 saturated heterocycles. The van der Waals surface area contributed by atoms with Crippen molar-refractivity contribution >= 4 is 17.7 Å². The van der Waals surface area contributed by atoms with E-state index in [0.717, 1.165) is 19.4 Å². The quantitative estimate of drug-likeness (QED) is 0.756. The Labute approximate surface area is 106 Å². The summed E-state index contributed by atoms with van der Waals surface area (Å²) in [5, 5.41) is 6.11. The van der Waals surface area contributed by atoms with Gasteiger partial charge in [-0.05, 0) is 36.8 Å². The number of thioether (sulfide) groups is 1. The molecule has 0 unspecified atom stereocenters. The van der Waals surface area contributed by atoms with E-state index < -0.39 is 0 Å². The third kappa shape index (κ3) is 4.40. The Kier molecular flexibility index (Phi) is 4.45. The predicted octanol–water partition coefficient (Wildman–Crippen LogP) is 1.78. The zero-order valence-corrected chi connectivity index (χ0v) is 10.8. The lowest BCUT2D eigenvalue weighted by atomic mass is 10.2. The number of benzene rings is 1. The molecule has 0 aromatic heterocycles. The van der Waals surface area contributed by atoms with E-state index in [1.165, 1.54) is 10.5 Å². The van der Waals surface area contributed by atoms with Gasteiger partial charge in [0.05, 0.1) is 6.54 Å². The summed E-state index contributed by atoms with van der Waals surface area (Å²) in [5.74, 6) is 0.105. The van der Waals surface area contributed by atoms with Gasteiger partial charge in [0, 0.05) is 17.5 Å². The number of carbonyl (C=O) groups excluding carboxylic acids is 1. The van der Waals surface area contributed by atoms with E-state index in [-0.39, 0.29) is 5.91 Å². The molecule has 1 amide bonds. The van der Waals surface area contributed by atoms with Crippen LogP contribution in [0.4, 0.5) is 0 Å². The first-order valence-electron chi connectivity index (χ1n) is 5.91. The number of hydrogen-bond acceptors (Lipinski definition) is 3. The van der Waals surface area contributed by atoms with Crippen LogP contribution in [-0.2, 0) is 11.3 Å². The highest BCUT2D eigenvalue weighted by Gasteiger charge is 2.22. The van der Waals surface area contributed by atoms with Crippen LogP contribution in [0.2, 0.25) is 0 Å². The summed E-state index contributed by atoms with van der Waals surface area (Å²) in [6, 6.07) is 8.85. The summed E-state index contributed by atoms with van der Waals surface area (Å²) < 4.78 is 0. The molecule has 1 saturated carbocycles. The van der Waals surface area contributed by atoms with Crippen molar-refractivity contribution in [3.05, 3.63) is 29.8 Å². The van der Waals surface area contributed by atoms with Crippen LogP contribution in [0, 0.1) is 0 Å². The molecule has 0 heterocycles. The van der Waals surface area contributed by atoms with Crippen molar-refractivity contribution in [1.82, 2.24) is 10.6 Å². The van der Waals surface area contributed by atoms with Crippen molar-refractivity contribution in [3.8, 4) is 0 Å². The molecular weight excluding hydrogens is 232 g/mol. The lowest BCUT2D eigenvalue weighted by Gasteiger charge is -2.06. The van der Waals surface area contributed by atoms with Gasteiger partial charge in [-0.25, -0.2) is 0 Å². The summed E-state index contributed by atoms with van der Waals surface area (Å²) in [6.07, 6.45) is 4.35. The van der Waals surface area contributed by atoms with Crippen LogP contribution in [-0.4, -0.2) is 24.7 Å². The molecule has 0 radical (unpaired) electrons. The number of hydrogen-bond donors (Lipinski definition) is 2. The summed E-state index contributed by atoms with van der Waals surface area (Å²) in [7, 11) is 0. The van der Waals surface area contributed by atoms with Gasteiger partial charge < -0.3 is 10.6 Å². The maximum absolute atomic E-state index is 11.4. The molecule has 0 aliphatic heterocycles. The van der Waals surface area contributed by atoms with E-state index in [0.29, 0.717) is 12.6 Å². The first-order valence-corrected chi connectivity index (χ1v) is 7.13. The Bertz CT molecular complexity index is 374. The van der Waals surface area contributed by atoms with Gasteiger partial charge in [-0.1, -0.05) is 12.1 Å². The second kappa shape index (κ2) is 6.07. The van der Waals surface area contributed by atoms with Crippen LogP contribution in [0.25, 0.3) is 0 Å². The van der Waals surface area contributed by atoms with Gasteiger partial charge in [-0.3, -0.25) is 4.79 Å². The zero-order chi connectivity index (χ0) is 12.1. The molecule has 2 N–H and O–H groups in total. The zero-order valence-electron chi connectivity index (χ0n) is 10.0. The van der Waals surface area contributed by atoms with Crippen molar-refractivity contribution in [2.45, 2.75) is 30.3 Å². The standard InChI is InChI=1S/C13H18N2OS/c1-17-12-6-2-10(3-7-12)8-14-9-13(16)15-11-4-5-11/h2-3,6-7,11,14H,4-5,8-9H2,1H3,(H,15,16). The third-order valence-corrected chi connectivity index (χ3v) is 3.46. The molecule has 1 aliphatic carbocycles. The van der Waals surface area contributed by atoms with Gasteiger partial charge in [-0.2, -0.15) is 0 Å². The molecule has 4 heteroatoms. The maximum atomic E-state index is 11.4. The smallest absolute Gasteiger partial charge is 0.234 e. The Balaban J connectivity index is 1.67. The van der Waals surface area contributed by atoms with Crippen LogP contribution >= 0.6 is 11.8 Å². The van der Waals surface area contributed by atoms with Crippen LogP contribution in [0.3, 0.4) is 0 Å². The molecule has 92 valence electrons. The lowest BCUT2D eigenvalue weighted by molar-refractivity contribution is -0.120. The van der Waals surface area contributed by atoms with E-state index in [1.54, 1.807) is 11.8 Å². The Morgan fingerprint density at radius 3 is 2.65 bits per heavy atom. The van der Waals surface area contributed by atoms with E-state index in [1.807, 2.05) is 0 Å². The lowest BCUT2D eigenvalue weighted by Crippen LogP contribution is -2.34. The minimum atomic E-state index is 0.105. The second-order valence-corrected chi connectivity index (χ2v) is 5.17. The Morgan fingerprint density at radius 1 is 1.35 bits per heavy atom. The van der Waals surface area contributed by atoms with Crippen molar-refractivity contribution in [2.24, 2.45) is 0 Å². The average molecular weight is 250 g/mol. The fourth-order valence-electron chi connectivity index (χ4n) is 1.57. The second-order valence-electron chi connectivity index (χ2n) is 4.29. The van der Waals surface area contributed by atoms with Gasteiger partial charge in [0.15, 0.2) is 0 Å². The van der Waals surface area contributed by atoms with Crippen molar-refractivity contribution < 1.29 is 4.79 Å². The monoisotopic (exact) mass is 250 g/mol. The SMILES string of the molecule is CSc1ccc(CNCC(=O)NC2CC2)cc1. The van der Waals surface area contributed by atoms with Crippen molar-refractivity contribution in [2.75, 3.05) is 12.8 Å². The molecular formula is C13H18N2OS. The summed E-state index contributed by atoms with van der Waals surface area (Å²) in [6.45, 7) is 1.15. The average Bonchev–Trinajstić information content (AvgIpc) is 3.14. The molecule has 0 atom stereocenters. The topological polar surface area (TPSA) is 41.1 Å². The first kappa shape index (κ1) is 12.5. The normalized spacial score (nSPS) is 14.6. The van der Waals surface area contributed by atoms with Crippen molar-refractivity contribution in [1.29, 1.82) is 0 Å².